The molecule has 2 amide bonds. The Balaban J connectivity index is 2.10. The molecule has 1 aliphatic heterocycles. The van der Waals surface area contributed by atoms with Crippen molar-refractivity contribution in [2.24, 2.45) is 0 Å². The van der Waals surface area contributed by atoms with Crippen molar-refractivity contribution in [1.82, 2.24) is 10.2 Å². The fraction of sp³-hybridized carbons (Fsp3) is 0.462. The van der Waals surface area contributed by atoms with Gasteiger partial charge in [0.25, 0.3) is 0 Å². The first kappa shape index (κ1) is 14.9. The van der Waals surface area contributed by atoms with Crippen molar-refractivity contribution in [3.63, 3.8) is 0 Å². The smallest absolute Gasteiger partial charge is 0.317 e. The van der Waals surface area contributed by atoms with E-state index in [-0.39, 0.29) is 17.5 Å². The van der Waals surface area contributed by atoms with E-state index in [2.05, 4.69) is 10.2 Å². The lowest BCUT2D eigenvalue weighted by atomic mass is 10.2. The van der Waals surface area contributed by atoms with Crippen LogP contribution in [0.5, 0.6) is 5.75 Å². The van der Waals surface area contributed by atoms with Crippen LogP contribution in [0.3, 0.4) is 0 Å². The van der Waals surface area contributed by atoms with Gasteiger partial charge in [0.2, 0.25) is 0 Å². The maximum atomic E-state index is 11.5. The zero-order valence-electron chi connectivity index (χ0n) is 12.0. The molecule has 8 heteroatoms. The second-order valence-corrected chi connectivity index (χ2v) is 4.64. The van der Waals surface area contributed by atoms with Crippen LogP contribution in [0.1, 0.15) is 0 Å². The Morgan fingerprint density at radius 1 is 1.33 bits per heavy atom. The quantitative estimate of drug-likeness (QED) is 0.665. The number of nitro groups is 1. The van der Waals surface area contributed by atoms with E-state index in [1.54, 1.807) is 24.1 Å². The Labute approximate surface area is 122 Å². The number of ether oxygens (including phenoxy) is 1. The Morgan fingerprint density at radius 3 is 2.52 bits per heavy atom. The molecule has 8 nitrogen and oxygen atoms in total. The Hall–Kier alpha value is -2.51. The third-order valence-corrected chi connectivity index (χ3v) is 3.51. The molecule has 0 aromatic heterocycles. The summed E-state index contributed by atoms with van der Waals surface area (Å²) in [6.45, 7) is 2.57. The van der Waals surface area contributed by atoms with Crippen molar-refractivity contribution in [1.29, 1.82) is 0 Å². The van der Waals surface area contributed by atoms with E-state index < -0.39 is 4.92 Å². The van der Waals surface area contributed by atoms with Crippen molar-refractivity contribution in [3.8, 4) is 5.75 Å². The van der Waals surface area contributed by atoms with E-state index in [1.807, 2.05) is 0 Å². The number of piperazine rings is 1. The lowest BCUT2D eigenvalue weighted by molar-refractivity contribution is -0.385. The SMILES string of the molecule is CNC(=O)N1CCN(c2ccc([N+](=O)[O-])c(OC)c2)CC1. The summed E-state index contributed by atoms with van der Waals surface area (Å²) < 4.78 is 5.07. The highest BCUT2D eigenvalue weighted by molar-refractivity contribution is 5.74. The van der Waals surface area contributed by atoms with Crippen LogP contribution < -0.4 is 15.0 Å². The molecular formula is C13H18N4O4. The number of amides is 2. The number of methoxy groups -OCH3 is 1. The van der Waals surface area contributed by atoms with Gasteiger partial charge < -0.3 is 19.9 Å². The first-order chi connectivity index (χ1) is 10.1. The van der Waals surface area contributed by atoms with Gasteiger partial charge in [0, 0.05) is 51.0 Å². The number of nitrogens with one attached hydrogen (secondary N) is 1. The number of carbonyl (C=O) groups excluding carboxylic acids is 1. The number of nitro benzene ring substituents is 1. The van der Waals surface area contributed by atoms with E-state index >= 15 is 0 Å². The molecule has 1 aliphatic rings. The number of urea groups is 1. The van der Waals surface area contributed by atoms with Crippen LogP contribution in [0.15, 0.2) is 18.2 Å². The fourth-order valence-electron chi connectivity index (χ4n) is 2.34. The van der Waals surface area contributed by atoms with Gasteiger partial charge in [-0.3, -0.25) is 10.1 Å². The maximum absolute atomic E-state index is 11.5. The maximum Gasteiger partial charge on any atom is 0.317 e. The molecule has 1 aromatic rings. The average molecular weight is 294 g/mol. The van der Waals surface area contributed by atoms with Crippen LogP contribution in [0.2, 0.25) is 0 Å². The van der Waals surface area contributed by atoms with Crippen LogP contribution in [0.25, 0.3) is 0 Å². The van der Waals surface area contributed by atoms with Crippen molar-refractivity contribution < 1.29 is 14.5 Å². The number of hydrogen-bond donors (Lipinski definition) is 1. The largest absolute Gasteiger partial charge is 0.490 e. The van der Waals surface area contributed by atoms with E-state index in [1.165, 1.54) is 13.2 Å². The van der Waals surface area contributed by atoms with Crippen LogP contribution in [0, 0.1) is 10.1 Å². The normalized spacial score (nSPS) is 14.8. The highest BCUT2D eigenvalue weighted by atomic mass is 16.6. The second kappa shape index (κ2) is 6.29. The highest BCUT2D eigenvalue weighted by Gasteiger charge is 2.22. The lowest BCUT2D eigenvalue weighted by Crippen LogP contribution is -2.51. The number of carbonyl (C=O) groups is 1. The summed E-state index contributed by atoms with van der Waals surface area (Å²) in [5.74, 6) is 0.242. The van der Waals surface area contributed by atoms with Gasteiger partial charge in [-0.2, -0.15) is 0 Å². The minimum absolute atomic E-state index is 0.0507. The minimum atomic E-state index is -0.466. The third-order valence-electron chi connectivity index (χ3n) is 3.51. The molecule has 0 aliphatic carbocycles. The molecule has 1 fully saturated rings. The second-order valence-electron chi connectivity index (χ2n) is 4.64. The van der Waals surface area contributed by atoms with Crippen molar-refractivity contribution in [2.75, 3.05) is 45.2 Å². The number of benzene rings is 1. The topological polar surface area (TPSA) is 88.0 Å². The van der Waals surface area contributed by atoms with Gasteiger partial charge in [-0.15, -0.1) is 0 Å². The van der Waals surface area contributed by atoms with Crippen molar-refractivity contribution in [2.45, 2.75) is 0 Å². The highest BCUT2D eigenvalue weighted by Crippen LogP contribution is 2.31. The minimum Gasteiger partial charge on any atom is -0.490 e. The van der Waals surface area contributed by atoms with E-state index in [4.69, 9.17) is 4.74 Å². The number of rotatable bonds is 3. The molecule has 0 saturated carbocycles. The Morgan fingerprint density at radius 2 is 2.00 bits per heavy atom. The molecule has 2 rings (SSSR count). The Bertz CT molecular complexity index is 541. The Kier molecular flexibility index (Phi) is 4.46. The summed E-state index contributed by atoms with van der Waals surface area (Å²) in [6, 6.07) is 4.72. The standard InChI is InChI=1S/C13H18N4O4/c1-14-13(18)16-7-5-15(6-8-16)10-3-4-11(17(19)20)12(9-10)21-2/h3-4,9H,5-8H2,1-2H3,(H,14,18). The van der Waals surface area contributed by atoms with Gasteiger partial charge in [0.05, 0.1) is 12.0 Å². The first-order valence-electron chi connectivity index (χ1n) is 6.61. The molecule has 0 atom stereocenters. The molecule has 1 saturated heterocycles. The van der Waals surface area contributed by atoms with Gasteiger partial charge in [-0.1, -0.05) is 0 Å². The van der Waals surface area contributed by atoms with Crippen LogP contribution in [-0.2, 0) is 0 Å². The molecule has 1 N–H and O–H groups in total. The van der Waals surface area contributed by atoms with Crippen molar-refractivity contribution in [3.05, 3.63) is 28.3 Å². The number of nitrogens with zero attached hydrogens (tertiary/aromatic N) is 3. The van der Waals surface area contributed by atoms with Gasteiger partial charge in [0.1, 0.15) is 0 Å². The predicted octanol–water partition coefficient (Wildman–Crippen LogP) is 1.06. The summed E-state index contributed by atoms with van der Waals surface area (Å²) >= 11 is 0. The van der Waals surface area contributed by atoms with E-state index in [9.17, 15) is 14.9 Å². The fourth-order valence-corrected chi connectivity index (χ4v) is 2.34. The molecule has 0 bridgehead atoms. The summed E-state index contributed by atoms with van der Waals surface area (Å²) in [4.78, 5) is 25.8. The van der Waals surface area contributed by atoms with Crippen LogP contribution in [0.4, 0.5) is 16.2 Å². The van der Waals surface area contributed by atoms with Crippen LogP contribution in [-0.4, -0.2) is 56.2 Å². The van der Waals surface area contributed by atoms with E-state index in [0.29, 0.717) is 26.2 Å². The molecule has 21 heavy (non-hydrogen) atoms. The van der Waals surface area contributed by atoms with Gasteiger partial charge in [-0.05, 0) is 6.07 Å². The number of anilines is 1. The molecular weight excluding hydrogens is 276 g/mol. The molecule has 1 heterocycles. The zero-order chi connectivity index (χ0) is 15.4. The first-order valence-corrected chi connectivity index (χ1v) is 6.61. The van der Waals surface area contributed by atoms with E-state index in [0.717, 1.165) is 5.69 Å². The molecule has 0 unspecified atom stereocenters. The summed E-state index contributed by atoms with van der Waals surface area (Å²) in [7, 11) is 3.02. The summed E-state index contributed by atoms with van der Waals surface area (Å²) in [6.07, 6.45) is 0. The molecule has 114 valence electrons. The monoisotopic (exact) mass is 294 g/mol. The van der Waals surface area contributed by atoms with Gasteiger partial charge in [-0.25, -0.2) is 4.79 Å². The lowest BCUT2D eigenvalue weighted by Gasteiger charge is -2.35. The summed E-state index contributed by atoms with van der Waals surface area (Å²) in [5.41, 5.74) is 0.805. The molecule has 1 aromatic carbocycles. The average Bonchev–Trinajstić information content (AvgIpc) is 2.53. The van der Waals surface area contributed by atoms with Gasteiger partial charge >= 0.3 is 11.7 Å². The zero-order valence-corrected chi connectivity index (χ0v) is 12.0. The third kappa shape index (κ3) is 3.15. The van der Waals surface area contributed by atoms with Gasteiger partial charge in [0.15, 0.2) is 5.75 Å². The van der Waals surface area contributed by atoms with Crippen LogP contribution >= 0.6 is 0 Å². The predicted molar refractivity (Wildman–Crippen MR) is 77.9 cm³/mol. The van der Waals surface area contributed by atoms with Crippen molar-refractivity contribution >= 4 is 17.4 Å². The summed E-state index contributed by atoms with van der Waals surface area (Å²) in [5, 5.41) is 13.5. The number of hydrogen-bond acceptors (Lipinski definition) is 5. The molecule has 0 radical (unpaired) electrons. The molecule has 0 spiro atoms.